The lowest BCUT2D eigenvalue weighted by molar-refractivity contribution is 0.0733. The second-order valence-corrected chi connectivity index (χ2v) is 10.7. The van der Waals surface area contributed by atoms with E-state index in [1.807, 2.05) is 36.1 Å². The molecule has 4 heterocycles. The van der Waals surface area contributed by atoms with Gasteiger partial charge in [-0.3, -0.25) is 4.79 Å². The number of fused-ring (bicyclic) bond motifs is 1. The zero-order chi connectivity index (χ0) is 26.1. The van der Waals surface area contributed by atoms with Crippen molar-refractivity contribution < 1.29 is 4.79 Å². The summed E-state index contributed by atoms with van der Waals surface area (Å²) in [5, 5.41) is 0. The maximum absolute atomic E-state index is 13.5. The van der Waals surface area contributed by atoms with Gasteiger partial charge >= 0.3 is 0 Å². The van der Waals surface area contributed by atoms with Crippen molar-refractivity contribution in [3.05, 3.63) is 77.0 Å². The lowest BCUT2D eigenvalue weighted by Gasteiger charge is -2.39. The SMILES string of the molecule is Cc1ccccc1C(=O)N1CCc2nc(N3CCN(c4ccccc4)CC3)nc(N3CCN(C)CC3)c2C1. The molecule has 3 aromatic rings. The van der Waals surface area contributed by atoms with Crippen LogP contribution in [0.1, 0.15) is 27.2 Å². The molecule has 3 aliphatic heterocycles. The van der Waals surface area contributed by atoms with E-state index in [9.17, 15) is 4.79 Å². The molecule has 38 heavy (non-hydrogen) atoms. The summed E-state index contributed by atoms with van der Waals surface area (Å²) in [7, 11) is 2.17. The average Bonchev–Trinajstić information content (AvgIpc) is 2.97. The Kier molecular flexibility index (Phi) is 6.89. The predicted molar refractivity (Wildman–Crippen MR) is 152 cm³/mol. The molecule has 2 saturated heterocycles. The molecule has 2 aromatic carbocycles. The van der Waals surface area contributed by atoms with Crippen LogP contribution in [0.5, 0.6) is 0 Å². The highest BCUT2D eigenvalue weighted by molar-refractivity contribution is 5.95. The van der Waals surface area contributed by atoms with Gasteiger partial charge in [0.15, 0.2) is 0 Å². The summed E-state index contributed by atoms with van der Waals surface area (Å²) in [6.07, 6.45) is 0.757. The third-order valence-electron chi connectivity index (χ3n) is 8.18. The maximum Gasteiger partial charge on any atom is 0.254 e. The van der Waals surface area contributed by atoms with Crippen molar-refractivity contribution in [2.45, 2.75) is 19.9 Å². The number of nitrogens with zero attached hydrogens (tertiary/aromatic N) is 7. The molecule has 3 aliphatic rings. The molecule has 8 nitrogen and oxygen atoms in total. The van der Waals surface area contributed by atoms with Crippen LogP contribution in [0.4, 0.5) is 17.5 Å². The third kappa shape index (κ3) is 4.92. The number of rotatable bonds is 4. The van der Waals surface area contributed by atoms with E-state index >= 15 is 0 Å². The highest BCUT2D eigenvalue weighted by atomic mass is 16.2. The van der Waals surface area contributed by atoms with E-state index in [0.717, 1.165) is 92.9 Å². The van der Waals surface area contributed by atoms with E-state index in [4.69, 9.17) is 9.97 Å². The van der Waals surface area contributed by atoms with Crippen LogP contribution in [0, 0.1) is 6.92 Å². The molecule has 0 unspecified atom stereocenters. The zero-order valence-electron chi connectivity index (χ0n) is 22.5. The van der Waals surface area contributed by atoms with Crippen LogP contribution in [0.25, 0.3) is 0 Å². The van der Waals surface area contributed by atoms with Crippen molar-refractivity contribution in [1.29, 1.82) is 0 Å². The Bertz CT molecular complexity index is 1280. The van der Waals surface area contributed by atoms with E-state index in [-0.39, 0.29) is 5.91 Å². The van der Waals surface area contributed by atoms with Gasteiger partial charge in [0.25, 0.3) is 5.91 Å². The summed E-state index contributed by atoms with van der Waals surface area (Å²) in [5.41, 5.74) is 5.29. The predicted octanol–water partition coefficient (Wildman–Crippen LogP) is 3.06. The quantitative estimate of drug-likeness (QED) is 0.534. The minimum absolute atomic E-state index is 0.0965. The molecule has 2 fully saturated rings. The van der Waals surface area contributed by atoms with Crippen LogP contribution >= 0.6 is 0 Å². The van der Waals surface area contributed by atoms with Gasteiger partial charge < -0.3 is 24.5 Å². The number of carbonyl (C=O) groups is 1. The van der Waals surface area contributed by atoms with Crippen molar-refractivity contribution in [2.24, 2.45) is 0 Å². The number of aromatic nitrogens is 2. The highest BCUT2D eigenvalue weighted by Gasteiger charge is 2.31. The third-order valence-corrected chi connectivity index (χ3v) is 8.18. The number of aryl methyl sites for hydroxylation is 1. The number of hydrogen-bond acceptors (Lipinski definition) is 7. The van der Waals surface area contributed by atoms with Crippen LogP contribution < -0.4 is 14.7 Å². The van der Waals surface area contributed by atoms with E-state index < -0.39 is 0 Å². The molecule has 6 rings (SSSR count). The molecule has 1 amide bonds. The molecular weight excluding hydrogens is 474 g/mol. The summed E-state index contributed by atoms with van der Waals surface area (Å²) in [5.74, 6) is 1.95. The van der Waals surface area contributed by atoms with Crippen LogP contribution in [0.2, 0.25) is 0 Å². The lowest BCUT2D eigenvalue weighted by Crippen LogP contribution is -2.48. The van der Waals surface area contributed by atoms with E-state index in [2.05, 4.69) is 57.0 Å². The van der Waals surface area contributed by atoms with Gasteiger partial charge in [-0.05, 0) is 37.7 Å². The topological polar surface area (TPSA) is 59.1 Å². The normalized spacial score (nSPS) is 18.5. The van der Waals surface area contributed by atoms with Crippen molar-refractivity contribution in [3.8, 4) is 0 Å². The van der Waals surface area contributed by atoms with Crippen molar-refractivity contribution >= 4 is 23.4 Å². The monoisotopic (exact) mass is 511 g/mol. The molecule has 8 heteroatoms. The zero-order valence-corrected chi connectivity index (χ0v) is 22.5. The smallest absolute Gasteiger partial charge is 0.254 e. The molecule has 0 saturated carbocycles. The second-order valence-electron chi connectivity index (χ2n) is 10.7. The van der Waals surface area contributed by atoms with Gasteiger partial charge in [0.05, 0.1) is 12.2 Å². The number of benzene rings is 2. The Morgan fingerprint density at radius 1 is 0.737 bits per heavy atom. The number of piperazine rings is 2. The second kappa shape index (κ2) is 10.6. The van der Waals surface area contributed by atoms with Gasteiger partial charge in [-0.25, -0.2) is 4.98 Å². The Labute approximate surface area is 225 Å². The van der Waals surface area contributed by atoms with Crippen molar-refractivity contribution in [3.63, 3.8) is 0 Å². The van der Waals surface area contributed by atoms with Gasteiger partial charge in [-0.15, -0.1) is 0 Å². The summed E-state index contributed by atoms with van der Waals surface area (Å²) in [6.45, 7) is 10.8. The first-order chi connectivity index (χ1) is 18.6. The number of para-hydroxylation sites is 1. The van der Waals surface area contributed by atoms with E-state index in [0.29, 0.717) is 13.1 Å². The molecule has 198 valence electrons. The Hall–Kier alpha value is -3.65. The number of carbonyl (C=O) groups excluding carboxylic acids is 1. The van der Waals surface area contributed by atoms with Gasteiger partial charge in [0.2, 0.25) is 5.95 Å². The van der Waals surface area contributed by atoms with Gasteiger partial charge in [0.1, 0.15) is 5.82 Å². The minimum atomic E-state index is 0.0965. The van der Waals surface area contributed by atoms with Gasteiger partial charge in [-0.2, -0.15) is 4.98 Å². The standard InChI is InChI=1S/C30H37N7O/c1-23-8-6-7-11-25(23)29(38)37-13-12-27-26(22-37)28(35-16-14-33(2)15-17-35)32-30(31-27)36-20-18-34(19-21-36)24-9-4-3-5-10-24/h3-11H,12-22H2,1-2H3. The molecule has 0 bridgehead atoms. The summed E-state index contributed by atoms with van der Waals surface area (Å²) < 4.78 is 0. The first-order valence-corrected chi connectivity index (χ1v) is 13.8. The first kappa shape index (κ1) is 24.7. The van der Waals surface area contributed by atoms with E-state index in [1.54, 1.807) is 0 Å². The fourth-order valence-electron chi connectivity index (χ4n) is 5.77. The number of amides is 1. The molecule has 0 spiro atoms. The fourth-order valence-corrected chi connectivity index (χ4v) is 5.77. The summed E-state index contributed by atoms with van der Waals surface area (Å²) in [6, 6.07) is 18.5. The van der Waals surface area contributed by atoms with Crippen LogP contribution in [0.3, 0.4) is 0 Å². The number of hydrogen-bond donors (Lipinski definition) is 0. The largest absolute Gasteiger partial charge is 0.368 e. The molecule has 0 aliphatic carbocycles. The molecule has 0 atom stereocenters. The molecule has 1 aromatic heterocycles. The number of likely N-dealkylation sites (N-methyl/N-ethyl adjacent to an activating group) is 1. The fraction of sp³-hybridized carbons (Fsp3) is 0.433. The molecule has 0 radical (unpaired) electrons. The minimum Gasteiger partial charge on any atom is -0.368 e. The van der Waals surface area contributed by atoms with Crippen LogP contribution in [-0.2, 0) is 13.0 Å². The lowest BCUT2D eigenvalue weighted by atomic mass is 10.0. The van der Waals surface area contributed by atoms with Crippen molar-refractivity contribution in [1.82, 2.24) is 19.8 Å². The highest BCUT2D eigenvalue weighted by Crippen LogP contribution is 2.31. The van der Waals surface area contributed by atoms with Crippen LogP contribution in [-0.4, -0.2) is 91.6 Å². The molecular formula is C30H37N7O. The molecule has 0 N–H and O–H groups in total. The van der Waals surface area contributed by atoms with E-state index in [1.165, 1.54) is 5.69 Å². The Morgan fingerprint density at radius 2 is 1.39 bits per heavy atom. The van der Waals surface area contributed by atoms with Gasteiger partial charge in [-0.1, -0.05) is 36.4 Å². The first-order valence-electron chi connectivity index (χ1n) is 13.8. The Balaban J connectivity index is 1.27. The van der Waals surface area contributed by atoms with Crippen molar-refractivity contribution in [2.75, 3.05) is 80.7 Å². The Morgan fingerprint density at radius 3 is 2.13 bits per heavy atom. The summed E-state index contributed by atoms with van der Waals surface area (Å²) in [4.78, 5) is 35.3. The van der Waals surface area contributed by atoms with Gasteiger partial charge in [0, 0.05) is 82.1 Å². The summed E-state index contributed by atoms with van der Waals surface area (Å²) >= 11 is 0. The number of anilines is 3. The van der Waals surface area contributed by atoms with Crippen LogP contribution in [0.15, 0.2) is 54.6 Å². The maximum atomic E-state index is 13.5. The average molecular weight is 512 g/mol.